The molecule has 2 unspecified atom stereocenters. The minimum Gasteiger partial charge on any atom is -0.393 e. The predicted molar refractivity (Wildman–Crippen MR) is 70.7 cm³/mol. The number of hydrogen-bond donors (Lipinski definition) is 2. The van der Waals surface area contributed by atoms with Crippen LogP contribution in [-0.2, 0) is 0 Å². The van der Waals surface area contributed by atoms with Crippen molar-refractivity contribution in [3.8, 4) is 0 Å². The second-order valence-electron chi connectivity index (χ2n) is 5.22. The van der Waals surface area contributed by atoms with Gasteiger partial charge in [-0.25, -0.2) is 4.98 Å². The van der Waals surface area contributed by atoms with Crippen molar-refractivity contribution in [1.29, 1.82) is 0 Å². The molecule has 0 saturated heterocycles. The molecule has 1 aromatic rings. The fourth-order valence-electron chi connectivity index (χ4n) is 2.44. The zero-order valence-corrected chi connectivity index (χ0v) is 11.0. The smallest absolute Gasteiger partial charge is 0.293 e. The Morgan fingerprint density at radius 3 is 2.94 bits per heavy atom. The van der Waals surface area contributed by atoms with E-state index in [2.05, 4.69) is 10.3 Å². The molecule has 0 bridgehead atoms. The molecule has 18 heavy (non-hydrogen) atoms. The lowest BCUT2D eigenvalue weighted by Gasteiger charge is -2.16. The quantitative estimate of drug-likeness (QED) is 0.848. The lowest BCUT2D eigenvalue weighted by molar-refractivity contribution is 0.138. The Balaban J connectivity index is 2.05. The molecule has 1 fully saturated rings. The van der Waals surface area contributed by atoms with E-state index >= 15 is 0 Å². The van der Waals surface area contributed by atoms with Crippen LogP contribution in [0.5, 0.6) is 0 Å². The van der Waals surface area contributed by atoms with E-state index in [-0.39, 0.29) is 23.6 Å². The molecule has 0 amide bonds. The normalized spacial score (nSPS) is 23.6. The zero-order chi connectivity index (χ0) is 13.1. The molecule has 5 heteroatoms. The molecule has 1 saturated carbocycles. The number of nitrogens with one attached hydrogen (secondary N) is 1. The van der Waals surface area contributed by atoms with Gasteiger partial charge in [-0.1, -0.05) is 6.42 Å². The summed E-state index contributed by atoms with van der Waals surface area (Å²) in [6, 6.07) is 0.123. The maximum absolute atomic E-state index is 12.1. The Morgan fingerprint density at radius 2 is 2.33 bits per heavy atom. The Bertz CT molecular complexity index is 456. The molecular weight excluding hydrogens is 230 g/mol. The topological polar surface area (TPSA) is 67.2 Å². The SMILES string of the molecule is CC(C)n1ccnc(NCC2CCCC2O)c1=O. The van der Waals surface area contributed by atoms with E-state index in [1.165, 1.54) is 0 Å². The molecule has 1 heterocycles. The van der Waals surface area contributed by atoms with Crippen LogP contribution >= 0.6 is 0 Å². The van der Waals surface area contributed by atoms with Gasteiger partial charge in [-0.15, -0.1) is 0 Å². The molecule has 2 N–H and O–H groups in total. The Kier molecular flexibility index (Phi) is 4.01. The fraction of sp³-hybridized carbons (Fsp3) is 0.692. The van der Waals surface area contributed by atoms with Crippen LogP contribution in [0.2, 0.25) is 0 Å². The molecule has 1 aliphatic carbocycles. The lowest BCUT2D eigenvalue weighted by atomic mass is 10.1. The van der Waals surface area contributed by atoms with Gasteiger partial charge >= 0.3 is 0 Å². The molecule has 2 rings (SSSR count). The van der Waals surface area contributed by atoms with Gasteiger partial charge in [0.15, 0.2) is 5.82 Å². The molecule has 1 aromatic heterocycles. The van der Waals surface area contributed by atoms with Gasteiger partial charge in [0, 0.05) is 30.9 Å². The van der Waals surface area contributed by atoms with Crippen LogP contribution in [0.3, 0.4) is 0 Å². The predicted octanol–water partition coefficient (Wildman–Crippen LogP) is 1.40. The van der Waals surface area contributed by atoms with E-state index in [4.69, 9.17) is 0 Å². The van der Waals surface area contributed by atoms with Gasteiger partial charge in [-0.05, 0) is 26.7 Å². The van der Waals surface area contributed by atoms with E-state index in [0.29, 0.717) is 12.4 Å². The van der Waals surface area contributed by atoms with Gasteiger partial charge in [-0.3, -0.25) is 4.79 Å². The number of nitrogens with zero attached hydrogens (tertiary/aromatic N) is 2. The molecular formula is C13H21N3O2. The Labute approximate surface area is 107 Å². The third kappa shape index (κ3) is 2.72. The first-order valence-electron chi connectivity index (χ1n) is 6.58. The average molecular weight is 251 g/mol. The maximum atomic E-state index is 12.1. The largest absolute Gasteiger partial charge is 0.393 e. The van der Waals surface area contributed by atoms with Crippen molar-refractivity contribution in [2.24, 2.45) is 5.92 Å². The second-order valence-corrected chi connectivity index (χ2v) is 5.22. The first kappa shape index (κ1) is 13.1. The number of aliphatic hydroxyl groups excluding tert-OH is 1. The molecule has 100 valence electrons. The van der Waals surface area contributed by atoms with Crippen molar-refractivity contribution in [2.75, 3.05) is 11.9 Å². The van der Waals surface area contributed by atoms with Crippen molar-refractivity contribution in [3.63, 3.8) is 0 Å². The van der Waals surface area contributed by atoms with Crippen LogP contribution in [0, 0.1) is 5.92 Å². The molecule has 5 nitrogen and oxygen atoms in total. The van der Waals surface area contributed by atoms with Gasteiger partial charge in [0.1, 0.15) is 0 Å². The first-order chi connectivity index (χ1) is 8.59. The molecule has 0 aliphatic heterocycles. The molecule has 0 radical (unpaired) electrons. The summed E-state index contributed by atoms with van der Waals surface area (Å²) in [6.45, 7) is 4.54. The van der Waals surface area contributed by atoms with Crippen molar-refractivity contribution in [1.82, 2.24) is 9.55 Å². The van der Waals surface area contributed by atoms with Crippen molar-refractivity contribution in [3.05, 3.63) is 22.7 Å². The van der Waals surface area contributed by atoms with Crippen molar-refractivity contribution < 1.29 is 5.11 Å². The van der Waals surface area contributed by atoms with Gasteiger partial charge < -0.3 is 15.0 Å². The number of anilines is 1. The summed E-state index contributed by atoms with van der Waals surface area (Å²) in [5.41, 5.74) is -0.0972. The van der Waals surface area contributed by atoms with E-state index in [1.54, 1.807) is 17.0 Å². The standard InChI is InChI=1S/C13H21N3O2/c1-9(2)16-7-6-14-12(13(16)18)15-8-10-4-3-5-11(10)17/h6-7,9-11,17H,3-5,8H2,1-2H3,(H,14,15). The minimum absolute atomic E-state index is 0.0972. The summed E-state index contributed by atoms with van der Waals surface area (Å²) >= 11 is 0. The summed E-state index contributed by atoms with van der Waals surface area (Å²) in [7, 11) is 0. The van der Waals surface area contributed by atoms with Crippen LogP contribution < -0.4 is 10.9 Å². The van der Waals surface area contributed by atoms with E-state index < -0.39 is 0 Å². The summed E-state index contributed by atoms with van der Waals surface area (Å²) in [6.07, 6.45) is 6.03. The minimum atomic E-state index is -0.242. The number of rotatable bonds is 4. The van der Waals surface area contributed by atoms with Gasteiger partial charge in [0.25, 0.3) is 5.56 Å². The Morgan fingerprint density at radius 1 is 1.56 bits per heavy atom. The van der Waals surface area contributed by atoms with Crippen LogP contribution in [-0.4, -0.2) is 27.3 Å². The monoisotopic (exact) mass is 251 g/mol. The maximum Gasteiger partial charge on any atom is 0.293 e. The van der Waals surface area contributed by atoms with Gasteiger partial charge in [-0.2, -0.15) is 0 Å². The van der Waals surface area contributed by atoms with E-state index in [0.717, 1.165) is 19.3 Å². The number of hydrogen-bond acceptors (Lipinski definition) is 4. The van der Waals surface area contributed by atoms with E-state index in [1.807, 2.05) is 13.8 Å². The zero-order valence-electron chi connectivity index (χ0n) is 11.0. The van der Waals surface area contributed by atoms with Gasteiger partial charge in [0.2, 0.25) is 0 Å². The molecule has 2 atom stereocenters. The van der Waals surface area contributed by atoms with Crippen LogP contribution in [0.4, 0.5) is 5.82 Å². The highest BCUT2D eigenvalue weighted by molar-refractivity contribution is 5.31. The molecule has 1 aliphatic rings. The third-order valence-electron chi connectivity index (χ3n) is 3.57. The molecule has 0 aromatic carbocycles. The van der Waals surface area contributed by atoms with Crippen LogP contribution in [0.25, 0.3) is 0 Å². The van der Waals surface area contributed by atoms with Crippen LogP contribution in [0.1, 0.15) is 39.2 Å². The highest BCUT2D eigenvalue weighted by Gasteiger charge is 2.25. The summed E-state index contributed by atoms with van der Waals surface area (Å²) in [5, 5.41) is 12.8. The number of aliphatic hydroxyl groups is 1. The average Bonchev–Trinajstić information content (AvgIpc) is 2.73. The summed E-state index contributed by atoms with van der Waals surface area (Å²) in [5.74, 6) is 0.615. The first-order valence-corrected chi connectivity index (χ1v) is 6.58. The number of aromatic nitrogens is 2. The van der Waals surface area contributed by atoms with Crippen molar-refractivity contribution in [2.45, 2.75) is 45.3 Å². The second kappa shape index (κ2) is 5.52. The van der Waals surface area contributed by atoms with Crippen molar-refractivity contribution >= 4 is 5.82 Å². The van der Waals surface area contributed by atoms with E-state index in [9.17, 15) is 9.90 Å². The summed E-state index contributed by atoms with van der Waals surface area (Å²) in [4.78, 5) is 16.2. The lowest BCUT2D eigenvalue weighted by Crippen LogP contribution is -2.29. The van der Waals surface area contributed by atoms with Gasteiger partial charge in [0.05, 0.1) is 6.10 Å². The Hall–Kier alpha value is -1.36. The highest BCUT2D eigenvalue weighted by Crippen LogP contribution is 2.25. The van der Waals surface area contributed by atoms with Crippen LogP contribution in [0.15, 0.2) is 17.2 Å². The third-order valence-corrected chi connectivity index (χ3v) is 3.57. The highest BCUT2D eigenvalue weighted by atomic mass is 16.3. The molecule has 0 spiro atoms. The summed E-state index contributed by atoms with van der Waals surface area (Å²) < 4.78 is 1.65. The fourth-order valence-corrected chi connectivity index (χ4v) is 2.44.